The lowest BCUT2D eigenvalue weighted by molar-refractivity contribution is 0.100. The molecular formula is C32H27FN2O4S2. The highest BCUT2D eigenvalue weighted by Gasteiger charge is 2.05. The first-order valence-electron chi connectivity index (χ1n) is 12.6. The first-order chi connectivity index (χ1) is 19.6. The summed E-state index contributed by atoms with van der Waals surface area (Å²) < 4.78 is 20.2. The number of phenols is 1. The van der Waals surface area contributed by atoms with Gasteiger partial charge in [-0.3, -0.25) is 9.59 Å². The fourth-order valence-corrected chi connectivity index (χ4v) is 5.41. The molecule has 0 fully saturated rings. The first kappa shape index (κ1) is 29.5. The normalized spacial score (nSPS) is 10.4. The summed E-state index contributed by atoms with van der Waals surface area (Å²) in [5.74, 6) is 1.50. The minimum atomic E-state index is -0.315. The Morgan fingerprint density at radius 3 is 1.68 bits per heavy atom. The number of thiazole rings is 2. The summed E-state index contributed by atoms with van der Waals surface area (Å²) in [5.41, 5.74) is 3.18. The van der Waals surface area contributed by atoms with Gasteiger partial charge in [-0.2, -0.15) is 0 Å². The standard InChI is InChI=1S/C16H13NO2S.C8H7FO.C8H7NOS/c1-10(18)12-3-5-13(6-4-12)19-14-7-8-15-16(9-14)20-11(2)17-15;1-6(10)7-2-4-8(9)5-3-7;1-5-9-7-3-2-6(10)4-8(7)11-5/h3-9H,1-2H3;2-5H,1H3;2-4,10H,1H3. The molecule has 0 unspecified atom stereocenters. The molecule has 0 saturated heterocycles. The van der Waals surface area contributed by atoms with Gasteiger partial charge in [0.05, 0.1) is 30.4 Å². The Hall–Kier alpha value is -4.47. The maximum absolute atomic E-state index is 12.2. The largest absolute Gasteiger partial charge is 0.508 e. The van der Waals surface area contributed by atoms with Gasteiger partial charge in [0.1, 0.15) is 23.1 Å². The van der Waals surface area contributed by atoms with Crippen molar-refractivity contribution in [2.75, 3.05) is 0 Å². The van der Waals surface area contributed by atoms with E-state index >= 15 is 0 Å². The summed E-state index contributed by atoms with van der Waals surface area (Å²) in [6.07, 6.45) is 0. The number of carbonyl (C=O) groups excluding carboxylic acids is 2. The molecule has 2 aromatic heterocycles. The number of aromatic nitrogens is 2. The first-order valence-corrected chi connectivity index (χ1v) is 14.2. The van der Waals surface area contributed by atoms with Crippen molar-refractivity contribution in [3.63, 3.8) is 0 Å². The van der Waals surface area contributed by atoms with Gasteiger partial charge >= 0.3 is 0 Å². The van der Waals surface area contributed by atoms with E-state index in [-0.39, 0.29) is 17.4 Å². The summed E-state index contributed by atoms with van der Waals surface area (Å²) in [5, 5.41) is 11.2. The minimum absolute atomic E-state index is 0.0417. The molecule has 0 aliphatic heterocycles. The van der Waals surface area contributed by atoms with Crippen molar-refractivity contribution < 1.29 is 23.8 Å². The van der Waals surface area contributed by atoms with Gasteiger partial charge in [0, 0.05) is 17.2 Å². The van der Waals surface area contributed by atoms with Crippen LogP contribution in [0.15, 0.2) is 84.9 Å². The van der Waals surface area contributed by atoms with Crippen LogP contribution in [0.3, 0.4) is 0 Å². The third-order valence-electron chi connectivity index (χ3n) is 5.69. The number of halogens is 1. The second-order valence-electron chi connectivity index (χ2n) is 8.99. The van der Waals surface area contributed by atoms with E-state index in [1.54, 1.807) is 66.0 Å². The Labute approximate surface area is 244 Å². The number of fused-ring (bicyclic) bond motifs is 2. The number of hydrogen-bond donors (Lipinski definition) is 1. The molecule has 0 saturated carbocycles. The Morgan fingerprint density at radius 1 is 0.683 bits per heavy atom. The average molecular weight is 587 g/mol. The number of hydrogen-bond acceptors (Lipinski definition) is 8. The number of carbonyl (C=O) groups is 2. The topological polar surface area (TPSA) is 89.4 Å². The minimum Gasteiger partial charge on any atom is -0.508 e. The van der Waals surface area contributed by atoms with Crippen LogP contribution in [0.1, 0.15) is 44.6 Å². The van der Waals surface area contributed by atoms with Crippen LogP contribution in [-0.4, -0.2) is 26.6 Å². The van der Waals surface area contributed by atoms with Crippen molar-refractivity contribution in [3.8, 4) is 17.2 Å². The highest BCUT2D eigenvalue weighted by Crippen LogP contribution is 2.29. The number of nitrogens with zero attached hydrogens (tertiary/aromatic N) is 2. The summed E-state index contributed by atoms with van der Waals surface area (Å²) >= 11 is 3.24. The Morgan fingerprint density at radius 2 is 1.15 bits per heavy atom. The molecule has 2 heterocycles. The zero-order chi connectivity index (χ0) is 29.5. The highest BCUT2D eigenvalue weighted by molar-refractivity contribution is 7.18. The lowest BCUT2D eigenvalue weighted by atomic mass is 10.1. The van der Waals surface area contributed by atoms with E-state index in [2.05, 4.69) is 9.97 Å². The quantitative estimate of drug-likeness (QED) is 0.207. The van der Waals surface area contributed by atoms with Crippen molar-refractivity contribution in [1.82, 2.24) is 9.97 Å². The summed E-state index contributed by atoms with van der Waals surface area (Å²) in [7, 11) is 0. The molecular weight excluding hydrogens is 559 g/mol. The molecule has 4 aromatic carbocycles. The van der Waals surface area contributed by atoms with Crippen LogP contribution in [0.5, 0.6) is 17.2 Å². The Kier molecular flexibility index (Phi) is 9.54. The summed E-state index contributed by atoms with van der Waals surface area (Å²) in [6.45, 7) is 6.95. The van der Waals surface area contributed by atoms with Gasteiger partial charge < -0.3 is 9.84 Å². The number of ketones is 2. The van der Waals surface area contributed by atoms with Crippen LogP contribution in [0.4, 0.5) is 4.39 Å². The van der Waals surface area contributed by atoms with Crippen molar-refractivity contribution in [3.05, 3.63) is 112 Å². The monoisotopic (exact) mass is 586 g/mol. The fraction of sp³-hybridized carbons (Fsp3) is 0.125. The van der Waals surface area contributed by atoms with E-state index in [0.717, 1.165) is 41.9 Å². The molecule has 0 amide bonds. The van der Waals surface area contributed by atoms with Crippen LogP contribution in [0.2, 0.25) is 0 Å². The molecule has 0 spiro atoms. The molecule has 6 nitrogen and oxygen atoms in total. The SMILES string of the molecule is CC(=O)c1ccc(F)cc1.CC(=O)c1ccc(Oc2ccc3nc(C)sc3c2)cc1.Cc1nc2ccc(O)cc2s1. The number of aromatic hydroxyl groups is 1. The maximum Gasteiger partial charge on any atom is 0.159 e. The smallest absolute Gasteiger partial charge is 0.159 e. The van der Waals surface area contributed by atoms with Crippen molar-refractivity contribution in [2.24, 2.45) is 0 Å². The number of benzene rings is 4. The molecule has 41 heavy (non-hydrogen) atoms. The zero-order valence-electron chi connectivity index (χ0n) is 22.8. The van der Waals surface area contributed by atoms with E-state index in [4.69, 9.17) is 9.84 Å². The van der Waals surface area contributed by atoms with Crippen LogP contribution >= 0.6 is 22.7 Å². The van der Waals surface area contributed by atoms with E-state index < -0.39 is 0 Å². The molecule has 208 valence electrons. The number of aryl methyl sites for hydroxylation is 2. The van der Waals surface area contributed by atoms with E-state index in [1.165, 1.54) is 31.2 Å². The molecule has 6 rings (SSSR count). The molecule has 1 N–H and O–H groups in total. The molecule has 0 aliphatic rings. The van der Waals surface area contributed by atoms with Crippen LogP contribution < -0.4 is 4.74 Å². The van der Waals surface area contributed by atoms with E-state index in [9.17, 15) is 14.0 Å². The van der Waals surface area contributed by atoms with Gasteiger partial charge in [-0.25, -0.2) is 14.4 Å². The predicted molar refractivity (Wildman–Crippen MR) is 163 cm³/mol. The zero-order valence-corrected chi connectivity index (χ0v) is 24.5. The van der Waals surface area contributed by atoms with Gasteiger partial charge in [-0.05, 0) is 107 Å². The maximum atomic E-state index is 12.2. The van der Waals surface area contributed by atoms with Gasteiger partial charge in [0.25, 0.3) is 0 Å². The van der Waals surface area contributed by atoms with Gasteiger partial charge in [0.15, 0.2) is 11.6 Å². The van der Waals surface area contributed by atoms with Crippen LogP contribution in [0.25, 0.3) is 20.4 Å². The molecule has 0 atom stereocenters. The van der Waals surface area contributed by atoms with Crippen LogP contribution in [-0.2, 0) is 0 Å². The lowest BCUT2D eigenvalue weighted by Gasteiger charge is -2.06. The Bertz CT molecular complexity index is 1810. The van der Waals surface area contributed by atoms with E-state index in [1.807, 2.05) is 38.1 Å². The fourth-order valence-electron chi connectivity index (χ4n) is 3.69. The molecule has 0 radical (unpaired) electrons. The summed E-state index contributed by atoms with van der Waals surface area (Å²) in [4.78, 5) is 30.5. The van der Waals surface area contributed by atoms with Gasteiger partial charge in [-0.15, -0.1) is 22.7 Å². The molecule has 0 bridgehead atoms. The lowest BCUT2D eigenvalue weighted by Crippen LogP contribution is -1.91. The molecule has 0 aliphatic carbocycles. The predicted octanol–water partition coefficient (Wildman–Crippen LogP) is 8.94. The second-order valence-corrected chi connectivity index (χ2v) is 11.5. The number of rotatable bonds is 4. The molecule has 6 aromatic rings. The highest BCUT2D eigenvalue weighted by atomic mass is 32.1. The van der Waals surface area contributed by atoms with Crippen LogP contribution in [0, 0.1) is 19.7 Å². The number of ether oxygens (including phenoxy) is 1. The van der Waals surface area contributed by atoms with E-state index in [0.29, 0.717) is 16.9 Å². The number of phenolic OH excluding ortho intramolecular Hbond substituents is 1. The van der Waals surface area contributed by atoms with Crippen molar-refractivity contribution in [2.45, 2.75) is 27.7 Å². The second kappa shape index (κ2) is 13.3. The summed E-state index contributed by atoms with van der Waals surface area (Å²) in [6, 6.07) is 23.7. The average Bonchev–Trinajstić information content (AvgIpc) is 3.49. The van der Waals surface area contributed by atoms with Gasteiger partial charge in [-0.1, -0.05) is 0 Å². The Balaban J connectivity index is 0.000000156. The third kappa shape index (κ3) is 8.26. The van der Waals surface area contributed by atoms with Crippen molar-refractivity contribution in [1.29, 1.82) is 0 Å². The number of Topliss-reactive ketones (excluding diaryl/α,β-unsaturated/α-hetero) is 2. The third-order valence-corrected chi connectivity index (χ3v) is 7.56. The van der Waals surface area contributed by atoms with Crippen molar-refractivity contribution >= 4 is 54.7 Å². The van der Waals surface area contributed by atoms with Gasteiger partial charge in [0.2, 0.25) is 0 Å². The molecule has 9 heteroatoms.